The molecule has 0 heterocycles. The van der Waals surface area contributed by atoms with E-state index >= 15 is 0 Å². The quantitative estimate of drug-likeness (QED) is 0.539. The molecule has 2 nitrogen and oxygen atoms in total. The first-order valence-corrected chi connectivity index (χ1v) is 2.37. The SMILES string of the molecule is CC(=O)CCCO.[CaH2]. The van der Waals surface area contributed by atoms with Crippen LogP contribution in [0.25, 0.3) is 0 Å². The summed E-state index contributed by atoms with van der Waals surface area (Å²) in [5.74, 6) is 0.147. The summed E-state index contributed by atoms with van der Waals surface area (Å²) in [6.45, 7) is 1.65. The van der Waals surface area contributed by atoms with Gasteiger partial charge in [-0.25, -0.2) is 0 Å². The molecule has 3 heteroatoms. The van der Waals surface area contributed by atoms with Crippen LogP contribution in [0.3, 0.4) is 0 Å². The van der Waals surface area contributed by atoms with E-state index < -0.39 is 0 Å². The molecule has 0 bridgehead atoms. The van der Waals surface area contributed by atoms with Crippen molar-refractivity contribution < 1.29 is 9.90 Å². The van der Waals surface area contributed by atoms with Crippen LogP contribution in [0.1, 0.15) is 19.8 Å². The monoisotopic (exact) mass is 144 g/mol. The third-order valence-corrected chi connectivity index (χ3v) is 0.687. The number of hydrogen-bond donors (Lipinski definition) is 1. The zero-order chi connectivity index (χ0) is 5.70. The number of ketones is 1. The Morgan fingerprint density at radius 1 is 1.62 bits per heavy atom. The minimum absolute atomic E-state index is 0. The second kappa shape index (κ2) is 7.89. The molecule has 0 amide bonds. The van der Waals surface area contributed by atoms with Crippen LogP contribution >= 0.6 is 0 Å². The van der Waals surface area contributed by atoms with Gasteiger partial charge in [0.05, 0.1) is 0 Å². The van der Waals surface area contributed by atoms with Gasteiger partial charge in [0.2, 0.25) is 0 Å². The Hall–Kier alpha value is 0.890. The standard InChI is InChI=1S/C5H10O2.Ca.2H/c1-5(7)3-2-4-6;;;/h6H,2-4H2,1H3;;;. The van der Waals surface area contributed by atoms with Crippen molar-refractivity contribution >= 4 is 43.5 Å². The van der Waals surface area contributed by atoms with Gasteiger partial charge in [0.15, 0.2) is 0 Å². The molecular formula is C5H12CaO2. The van der Waals surface area contributed by atoms with Crippen LogP contribution < -0.4 is 0 Å². The van der Waals surface area contributed by atoms with Gasteiger partial charge in [-0.2, -0.15) is 0 Å². The fraction of sp³-hybridized carbons (Fsp3) is 0.800. The molecule has 0 rings (SSSR count). The van der Waals surface area contributed by atoms with Gasteiger partial charge < -0.3 is 9.90 Å². The Kier molecular flexibility index (Phi) is 11.5. The third kappa shape index (κ3) is 10.00. The van der Waals surface area contributed by atoms with Crippen LogP contribution in [0.4, 0.5) is 0 Å². The van der Waals surface area contributed by atoms with Crippen molar-refractivity contribution in [2.45, 2.75) is 19.8 Å². The maximum atomic E-state index is 10.1. The molecule has 0 unspecified atom stereocenters. The fourth-order valence-electron chi connectivity index (χ4n) is 0.328. The van der Waals surface area contributed by atoms with Gasteiger partial charge in [-0.15, -0.1) is 0 Å². The summed E-state index contributed by atoms with van der Waals surface area (Å²) in [4.78, 5) is 10.1. The minimum atomic E-state index is 0. The van der Waals surface area contributed by atoms with Gasteiger partial charge in [0.1, 0.15) is 5.78 Å². The first kappa shape index (κ1) is 11.7. The van der Waals surface area contributed by atoms with Crippen molar-refractivity contribution in [1.82, 2.24) is 0 Å². The molecule has 46 valence electrons. The van der Waals surface area contributed by atoms with Crippen LogP contribution in [-0.4, -0.2) is 55.2 Å². The molecule has 0 aliphatic carbocycles. The summed E-state index contributed by atoms with van der Waals surface area (Å²) in [6, 6.07) is 0. The number of rotatable bonds is 3. The number of aliphatic hydroxyl groups excluding tert-OH is 1. The normalized spacial score (nSPS) is 7.75. The molecule has 0 atom stereocenters. The van der Waals surface area contributed by atoms with Crippen molar-refractivity contribution in [3.8, 4) is 0 Å². The summed E-state index contributed by atoms with van der Waals surface area (Å²) >= 11 is 0. The molecule has 0 aromatic carbocycles. The van der Waals surface area contributed by atoms with Crippen molar-refractivity contribution in [2.24, 2.45) is 0 Å². The van der Waals surface area contributed by atoms with E-state index in [0.717, 1.165) is 0 Å². The molecule has 0 radical (unpaired) electrons. The van der Waals surface area contributed by atoms with E-state index in [0.29, 0.717) is 12.8 Å². The zero-order valence-corrected chi connectivity index (χ0v) is 4.48. The Morgan fingerprint density at radius 3 is 2.25 bits per heavy atom. The molecule has 8 heavy (non-hydrogen) atoms. The van der Waals surface area contributed by atoms with Crippen molar-refractivity contribution in [3.63, 3.8) is 0 Å². The summed E-state index contributed by atoms with van der Waals surface area (Å²) < 4.78 is 0. The molecule has 0 spiro atoms. The van der Waals surface area contributed by atoms with E-state index in [-0.39, 0.29) is 50.1 Å². The van der Waals surface area contributed by atoms with Gasteiger partial charge in [-0.1, -0.05) is 0 Å². The first-order valence-electron chi connectivity index (χ1n) is 2.37. The second-order valence-corrected chi connectivity index (χ2v) is 1.53. The summed E-state index contributed by atoms with van der Waals surface area (Å²) in [5, 5.41) is 8.16. The number of hydrogen-bond acceptors (Lipinski definition) is 2. The predicted octanol–water partition coefficient (Wildman–Crippen LogP) is -0.568. The molecule has 0 aromatic heterocycles. The van der Waals surface area contributed by atoms with Gasteiger partial charge in [-0.3, -0.25) is 0 Å². The van der Waals surface area contributed by atoms with E-state index in [1.54, 1.807) is 0 Å². The maximum absolute atomic E-state index is 10.1. The molecule has 0 aliphatic rings. The van der Waals surface area contributed by atoms with Gasteiger partial charge in [-0.05, 0) is 13.3 Å². The Balaban J connectivity index is 0. The molecule has 0 aromatic rings. The van der Waals surface area contributed by atoms with E-state index in [1.165, 1.54) is 6.92 Å². The van der Waals surface area contributed by atoms with Crippen molar-refractivity contribution in [3.05, 3.63) is 0 Å². The summed E-state index contributed by atoms with van der Waals surface area (Å²) in [7, 11) is 0. The number of aliphatic hydroxyl groups is 1. The molecule has 0 fully saturated rings. The topological polar surface area (TPSA) is 37.3 Å². The molecule has 0 saturated heterocycles. The molecule has 0 saturated carbocycles. The number of carbonyl (C=O) groups excluding carboxylic acids is 1. The Bertz CT molecular complexity index is 63.4. The van der Waals surface area contributed by atoms with E-state index in [9.17, 15) is 4.79 Å². The Labute approximate surface area is 79.3 Å². The van der Waals surface area contributed by atoms with Crippen LogP contribution in [0.15, 0.2) is 0 Å². The van der Waals surface area contributed by atoms with E-state index in [2.05, 4.69) is 0 Å². The van der Waals surface area contributed by atoms with Crippen LogP contribution in [0, 0.1) is 0 Å². The van der Waals surface area contributed by atoms with Crippen LogP contribution in [0.2, 0.25) is 0 Å². The molecule has 0 aliphatic heterocycles. The summed E-state index contributed by atoms with van der Waals surface area (Å²) in [6.07, 6.45) is 1.12. The third-order valence-electron chi connectivity index (χ3n) is 0.687. The predicted molar refractivity (Wildman–Crippen MR) is 35.5 cm³/mol. The molecular weight excluding hydrogens is 132 g/mol. The van der Waals surface area contributed by atoms with E-state index in [4.69, 9.17) is 5.11 Å². The number of Topliss-reactive ketones (excluding diaryl/α,β-unsaturated/α-hetero) is 1. The first-order chi connectivity index (χ1) is 3.27. The van der Waals surface area contributed by atoms with Crippen LogP contribution in [0.5, 0.6) is 0 Å². The van der Waals surface area contributed by atoms with Gasteiger partial charge in [0, 0.05) is 13.0 Å². The average Bonchev–Trinajstić information content (AvgIpc) is 1.61. The van der Waals surface area contributed by atoms with Crippen molar-refractivity contribution in [2.75, 3.05) is 6.61 Å². The van der Waals surface area contributed by atoms with Crippen LogP contribution in [-0.2, 0) is 4.79 Å². The Morgan fingerprint density at radius 2 is 2.12 bits per heavy atom. The summed E-state index contributed by atoms with van der Waals surface area (Å²) in [5.41, 5.74) is 0. The van der Waals surface area contributed by atoms with Crippen molar-refractivity contribution in [1.29, 1.82) is 0 Å². The van der Waals surface area contributed by atoms with Gasteiger partial charge >= 0.3 is 37.7 Å². The molecule has 1 N–H and O–H groups in total. The second-order valence-electron chi connectivity index (χ2n) is 1.53. The fourth-order valence-corrected chi connectivity index (χ4v) is 0.328. The average molecular weight is 144 g/mol. The van der Waals surface area contributed by atoms with E-state index in [1.807, 2.05) is 0 Å². The van der Waals surface area contributed by atoms with Gasteiger partial charge in [0.25, 0.3) is 0 Å². The zero-order valence-electron chi connectivity index (χ0n) is 4.48. The number of carbonyl (C=O) groups is 1.